The number of rotatable bonds is 10. The first kappa shape index (κ1) is 27.9. The van der Waals surface area contributed by atoms with Crippen LogP contribution in [0.5, 0.6) is 0 Å². The van der Waals surface area contributed by atoms with Crippen LogP contribution in [0.2, 0.25) is 0 Å². The second-order valence-electron chi connectivity index (χ2n) is 8.16. The van der Waals surface area contributed by atoms with Gasteiger partial charge in [0.1, 0.15) is 23.7 Å². The van der Waals surface area contributed by atoms with E-state index in [1.54, 1.807) is 24.4 Å². The van der Waals surface area contributed by atoms with Gasteiger partial charge in [0.2, 0.25) is 0 Å². The van der Waals surface area contributed by atoms with Gasteiger partial charge in [-0.2, -0.15) is 0 Å². The minimum atomic E-state index is -1.38. The number of aromatic nitrogens is 4. The standard InChI is InChI=1S/C26H25FN4O4.Ca/c27-19-8-6-17(7-9-19)25-24(22-10-12-28-16-29-22)30-26(18-4-2-1-3-5-18)31(25)13-11-20(32)14-21(33)15-23(34)35;/h1-10,12,16,20-21,32-33H,11,13-15H2,(H,34,35);/q;+2/p-1. The van der Waals surface area contributed by atoms with Crippen molar-refractivity contribution in [1.82, 2.24) is 19.5 Å². The summed E-state index contributed by atoms with van der Waals surface area (Å²) < 4.78 is 15.6. The molecule has 0 fully saturated rings. The van der Waals surface area contributed by atoms with E-state index in [1.807, 2.05) is 34.9 Å². The first-order chi connectivity index (χ1) is 16.9. The molecule has 0 radical (unpaired) electrons. The van der Waals surface area contributed by atoms with Crippen molar-refractivity contribution in [2.75, 3.05) is 0 Å². The Kier molecular flexibility index (Phi) is 10.1. The summed E-state index contributed by atoms with van der Waals surface area (Å²) in [6, 6.07) is 17.3. The Labute approximate surface area is 237 Å². The molecule has 0 aliphatic heterocycles. The number of hydrogen-bond donors (Lipinski definition) is 2. The number of aliphatic hydroxyl groups excluding tert-OH is 2. The fourth-order valence-electron chi connectivity index (χ4n) is 3.97. The summed E-state index contributed by atoms with van der Waals surface area (Å²) in [5, 5.41) is 31.1. The Morgan fingerprint density at radius 3 is 2.36 bits per heavy atom. The number of carboxylic acid groups (broad SMARTS) is 1. The van der Waals surface area contributed by atoms with Crippen LogP contribution < -0.4 is 5.11 Å². The van der Waals surface area contributed by atoms with Crippen molar-refractivity contribution in [3.8, 4) is 34.0 Å². The molecule has 180 valence electrons. The Morgan fingerprint density at radius 1 is 1.00 bits per heavy atom. The quantitative estimate of drug-likeness (QED) is 0.310. The fraction of sp³-hybridized carbons (Fsp3) is 0.231. The number of aliphatic hydroxyl groups is 2. The van der Waals surface area contributed by atoms with Crippen molar-refractivity contribution in [3.05, 3.63) is 79.0 Å². The van der Waals surface area contributed by atoms with Crippen LogP contribution in [0.15, 0.2) is 73.2 Å². The summed E-state index contributed by atoms with van der Waals surface area (Å²) in [5.74, 6) is -1.12. The van der Waals surface area contributed by atoms with Crippen molar-refractivity contribution >= 4 is 43.7 Å². The van der Waals surface area contributed by atoms with E-state index in [-0.39, 0.29) is 56.4 Å². The Bertz CT molecular complexity index is 1270. The summed E-state index contributed by atoms with van der Waals surface area (Å²) >= 11 is 0. The van der Waals surface area contributed by atoms with Crippen LogP contribution in [0.3, 0.4) is 0 Å². The molecule has 4 rings (SSSR count). The third-order valence-electron chi connectivity index (χ3n) is 5.57. The van der Waals surface area contributed by atoms with Gasteiger partial charge in [-0.1, -0.05) is 30.3 Å². The van der Waals surface area contributed by atoms with E-state index in [0.717, 1.165) is 5.56 Å². The largest absolute Gasteiger partial charge is 2.00 e. The number of nitrogens with zero attached hydrogens (tertiary/aromatic N) is 4. The monoisotopic (exact) mass is 515 g/mol. The molecule has 36 heavy (non-hydrogen) atoms. The van der Waals surface area contributed by atoms with Gasteiger partial charge in [-0.3, -0.25) is 0 Å². The smallest absolute Gasteiger partial charge is 0.550 e. The molecule has 0 aliphatic rings. The number of hydrogen-bond acceptors (Lipinski definition) is 7. The van der Waals surface area contributed by atoms with Gasteiger partial charge in [0, 0.05) is 36.3 Å². The molecule has 4 aromatic rings. The second-order valence-corrected chi connectivity index (χ2v) is 8.16. The summed E-state index contributed by atoms with van der Waals surface area (Å²) in [6.07, 6.45) is 0.439. The maximum absolute atomic E-state index is 13.7. The topological polar surface area (TPSA) is 124 Å². The first-order valence-corrected chi connectivity index (χ1v) is 11.2. The van der Waals surface area contributed by atoms with E-state index in [4.69, 9.17) is 4.98 Å². The number of carboxylic acids is 1. The molecule has 2 unspecified atom stereocenters. The molecule has 0 spiro atoms. The predicted molar refractivity (Wildman–Crippen MR) is 131 cm³/mol. The summed E-state index contributed by atoms with van der Waals surface area (Å²) in [5.41, 5.74) is 3.39. The normalized spacial score (nSPS) is 12.5. The third-order valence-corrected chi connectivity index (χ3v) is 5.57. The summed E-state index contributed by atoms with van der Waals surface area (Å²) in [7, 11) is 0. The van der Waals surface area contributed by atoms with Crippen LogP contribution in [0.1, 0.15) is 19.3 Å². The number of carbonyl (C=O) groups excluding carboxylic acids is 1. The predicted octanol–water partition coefficient (Wildman–Crippen LogP) is 2.07. The van der Waals surface area contributed by atoms with Gasteiger partial charge in [-0.15, -0.1) is 0 Å². The average molecular weight is 516 g/mol. The molecular formula is C26H24CaFN4O4+. The molecule has 8 nitrogen and oxygen atoms in total. The van der Waals surface area contributed by atoms with Crippen LogP contribution >= 0.6 is 0 Å². The van der Waals surface area contributed by atoms with Crippen molar-refractivity contribution < 1.29 is 24.5 Å². The molecule has 2 aromatic heterocycles. The van der Waals surface area contributed by atoms with Crippen LogP contribution in [0.25, 0.3) is 34.0 Å². The molecule has 2 N–H and O–H groups in total. The van der Waals surface area contributed by atoms with Gasteiger partial charge in [0.15, 0.2) is 0 Å². The number of imidazole rings is 1. The molecular weight excluding hydrogens is 491 g/mol. The van der Waals surface area contributed by atoms with Gasteiger partial charge >= 0.3 is 37.7 Å². The molecule has 2 heterocycles. The average Bonchev–Trinajstić information content (AvgIpc) is 3.23. The van der Waals surface area contributed by atoms with Gasteiger partial charge in [-0.05, 0) is 43.2 Å². The second kappa shape index (κ2) is 13.0. The Balaban J connectivity index is 0.00000361. The van der Waals surface area contributed by atoms with E-state index in [2.05, 4.69) is 9.97 Å². The molecule has 0 saturated heterocycles. The number of carbonyl (C=O) groups is 1. The maximum atomic E-state index is 13.7. The van der Waals surface area contributed by atoms with Crippen LogP contribution in [0, 0.1) is 5.82 Å². The summed E-state index contributed by atoms with van der Waals surface area (Å²) in [4.78, 5) is 24.0. The number of benzene rings is 2. The van der Waals surface area contributed by atoms with Gasteiger partial charge in [0.25, 0.3) is 0 Å². The zero-order valence-corrected chi connectivity index (χ0v) is 21.7. The fourth-order valence-corrected chi connectivity index (χ4v) is 3.97. The first-order valence-electron chi connectivity index (χ1n) is 11.2. The van der Waals surface area contributed by atoms with E-state index in [9.17, 15) is 24.5 Å². The van der Waals surface area contributed by atoms with Gasteiger partial charge in [-0.25, -0.2) is 19.3 Å². The summed E-state index contributed by atoms with van der Waals surface area (Å²) in [6.45, 7) is 0.300. The maximum Gasteiger partial charge on any atom is 2.00 e. The van der Waals surface area contributed by atoms with Crippen LogP contribution in [-0.4, -0.2) is 85.6 Å². The van der Waals surface area contributed by atoms with Crippen molar-refractivity contribution in [2.24, 2.45) is 0 Å². The Morgan fingerprint density at radius 2 is 1.72 bits per heavy atom. The minimum Gasteiger partial charge on any atom is -0.550 e. The van der Waals surface area contributed by atoms with Gasteiger partial charge < -0.3 is 24.7 Å². The van der Waals surface area contributed by atoms with E-state index < -0.39 is 24.6 Å². The molecule has 2 atom stereocenters. The molecule has 0 aliphatic carbocycles. The zero-order chi connectivity index (χ0) is 24.8. The SMILES string of the molecule is O=C([O-])CC(O)CC(O)CCn1c(-c2ccccc2)nc(-c2ccncn2)c1-c1ccc(F)cc1.[Ca+2]. The number of halogens is 1. The third kappa shape index (κ3) is 6.95. The molecule has 0 saturated carbocycles. The zero-order valence-electron chi connectivity index (χ0n) is 19.5. The molecule has 0 bridgehead atoms. The molecule has 0 amide bonds. The molecule has 2 aromatic carbocycles. The van der Waals surface area contributed by atoms with E-state index in [0.29, 0.717) is 35.0 Å². The van der Waals surface area contributed by atoms with Crippen molar-refractivity contribution in [2.45, 2.75) is 38.0 Å². The van der Waals surface area contributed by atoms with Crippen molar-refractivity contribution in [3.63, 3.8) is 0 Å². The Hall–Kier alpha value is -2.69. The van der Waals surface area contributed by atoms with Gasteiger partial charge in [0.05, 0.1) is 23.6 Å². The van der Waals surface area contributed by atoms with Crippen molar-refractivity contribution in [1.29, 1.82) is 0 Å². The van der Waals surface area contributed by atoms with Crippen LogP contribution in [0.4, 0.5) is 4.39 Å². The molecule has 10 heteroatoms. The van der Waals surface area contributed by atoms with E-state index in [1.165, 1.54) is 18.5 Å². The van der Waals surface area contributed by atoms with Crippen LogP contribution in [-0.2, 0) is 11.3 Å². The number of aliphatic carboxylic acids is 1. The minimum absolute atomic E-state index is 0. The van der Waals surface area contributed by atoms with E-state index >= 15 is 0 Å².